The van der Waals surface area contributed by atoms with E-state index >= 15 is 0 Å². The average Bonchev–Trinajstić information content (AvgIpc) is 2.45. The molecule has 1 atom stereocenters. The van der Waals surface area contributed by atoms with Crippen LogP contribution in [0.1, 0.15) is 26.2 Å². The van der Waals surface area contributed by atoms with Gasteiger partial charge in [-0.2, -0.15) is 4.31 Å². The van der Waals surface area contributed by atoms with E-state index in [-0.39, 0.29) is 6.10 Å². The Bertz CT molecular complexity index is 592. The van der Waals surface area contributed by atoms with E-state index in [0.29, 0.717) is 29.1 Å². The normalized spacial score (nSPS) is 20.6. The molecular weight excluding hydrogens is 422 g/mol. The van der Waals surface area contributed by atoms with Crippen molar-refractivity contribution in [1.82, 2.24) is 4.31 Å². The lowest BCUT2D eigenvalue weighted by atomic mass is 10.1. The zero-order valence-corrected chi connectivity index (χ0v) is 15.9. The Kier molecular flexibility index (Phi) is 6.25. The van der Waals surface area contributed by atoms with Crippen molar-refractivity contribution in [2.45, 2.75) is 37.2 Å². The predicted molar refractivity (Wildman–Crippen MR) is 89.9 cm³/mol. The first-order valence-electron chi connectivity index (χ1n) is 7.02. The minimum atomic E-state index is -3.48. The van der Waals surface area contributed by atoms with Gasteiger partial charge in [-0.1, -0.05) is 22.9 Å². The van der Waals surface area contributed by atoms with Gasteiger partial charge in [0.25, 0.3) is 0 Å². The van der Waals surface area contributed by atoms with Crippen LogP contribution in [0.4, 0.5) is 0 Å². The summed E-state index contributed by atoms with van der Waals surface area (Å²) in [5.74, 6) is 0. The molecule has 0 N–H and O–H groups in total. The Hall–Kier alpha value is 0.0500. The number of rotatable bonds is 5. The highest BCUT2D eigenvalue weighted by Gasteiger charge is 2.31. The van der Waals surface area contributed by atoms with Crippen molar-refractivity contribution in [3.63, 3.8) is 0 Å². The molecule has 0 aromatic heterocycles. The third kappa shape index (κ3) is 4.28. The van der Waals surface area contributed by atoms with Gasteiger partial charge in [-0.05, 0) is 53.4 Å². The van der Waals surface area contributed by atoms with Crippen LogP contribution in [0.2, 0.25) is 0 Å². The lowest BCUT2D eigenvalue weighted by Gasteiger charge is -2.32. The maximum atomic E-state index is 12.8. The van der Waals surface area contributed by atoms with Crippen molar-refractivity contribution in [2.24, 2.45) is 0 Å². The molecule has 0 radical (unpaired) electrons. The molecule has 2 rings (SSSR count). The monoisotopic (exact) mass is 439 g/mol. The first-order chi connectivity index (χ1) is 9.95. The molecule has 0 saturated carbocycles. The van der Waals surface area contributed by atoms with E-state index in [0.717, 1.165) is 23.7 Å². The third-order valence-electron chi connectivity index (χ3n) is 3.41. The molecule has 4 nitrogen and oxygen atoms in total. The van der Waals surface area contributed by atoms with E-state index in [1.165, 1.54) is 4.31 Å². The summed E-state index contributed by atoms with van der Waals surface area (Å²) >= 11 is 6.68. The van der Waals surface area contributed by atoms with Gasteiger partial charge in [0.15, 0.2) is 0 Å². The minimum Gasteiger partial charge on any atom is -0.377 e. The van der Waals surface area contributed by atoms with Crippen LogP contribution < -0.4 is 0 Å². The molecule has 0 spiro atoms. The van der Waals surface area contributed by atoms with Crippen LogP contribution in [0.15, 0.2) is 32.0 Å². The van der Waals surface area contributed by atoms with Crippen molar-refractivity contribution >= 4 is 41.9 Å². The van der Waals surface area contributed by atoms with Crippen LogP contribution in [0.3, 0.4) is 0 Å². The number of sulfonamides is 1. The summed E-state index contributed by atoms with van der Waals surface area (Å²) in [6.07, 6.45) is 2.71. The fourth-order valence-corrected chi connectivity index (χ4v) is 5.58. The SMILES string of the molecule is CCCOC1CCCN(S(=O)(=O)c2ccc(Br)cc2Br)C1. The fourth-order valence-electron chi connectivity index (χ4n) is 2.37. The van der Waals surface area contributed by atoms with E-state index in [4.69, 9.17) is 4.74 Å². The Labute approximate surface area is 143 Å². The first-order valence-corrected chi connectivity index (χ1v) is 10.0. The highest BCUT2D eigenvalue weighted by atomic mass is 79.9. The molecule has 0 aliphatic carbocycles. The summed E-state index contributed by atoms with van der Waals surface area (Å²) in [5.41, 5.74) is 0. The van der Waals surface area contributed by atoms with Crippen LogP contribution in [-0.2, 0) is 14.8 Å². The molecule has 1 aromatic carbocycles. The third-order valence-corrected chi connectivity index (χ3v) is 6.75. The van der Waals surface area contributed by atoms with Crippen molar-refractivity contribution in [2.75, 3.05) is 19.7 Å². The molecule has 1 fully saturated rings. The smallest absolute Gasteiger partial charge is 0.244 e. The number of hydrogen-bond acceptors (Lipinski definition) is 3. The number of nitrogens with zero attached hydrogens (tertiary/aromatic N) is 1. The Morgan fingerprint density at radius 3 is 2.81 bits per heavy atom. The molecule has 1 aliphatic heterocycles. The van der Waals surface area contributed by atoms with Gasteiger partial charge in [0.2, 0.25) is 10.0 Å². The summed E-state index contributed by atoms with van der Waals surface area (Å²) in [7, 11) is -3.48. The number of hydrogen-bond donors (Lipinski definition) is 0. The van der Waals surface area contributed by atoms with Crippen molar-refractivity contribution in [3.05, 3.63) is 27.1 Å². The Morgan fingerprint density at radius 2 is 2.14 bits per heavy atom. The van der Waals surface area contributed by atoms with Crippen LogP contribution >= 0.6 is 31.9 Å². The van der Waals surface area contributed by atoms with Gasteiger partial charge < -0.3 is 4.74 Å². The second-order valence-corrected chi connectivity index (χ2v) is 8.75. The van der Waals surface area contributed by atoms with Crippen LogP contribution in [0, 0.1) is 0 Å². The lowest BCUT2D eigenvalue weighted by molar-refractivity contribution is 0.0193. The molecule has 1 aliphatic rings. The molecule has 1 aromatic rings. The molecule has 7 heteroatoms. The van der Waals surface area contributed by atoms with Gasteiger partial charge in [-0.3, -0.25) is 0 Å². The maximum absolute atomic E-state index is 12.8. The molecule has 1 unspecified atom stereocenters. The fraction of sp³-hybridized carbons (Fsp3) is 0.571. The summed E-state index contributed by atoms with van der Waals surface area (Å²) in [5, 5.41) is 0. The van der Waals surface area contributed by atoms with Gasteiger partial charge in [0.1, 0.15) is 0 Å². The molecule has 21 heavy (non-hydrogen) atoms. The van der Waals surface area contributed by atoms with E-state index in [9.17, 15) is 8.42 Å². The Morgan fingerprint density at radius 1 is 1.38 bits per heavy atom. The number of piperidine rings is 1. The van der Waals surface area contributed by atoms with Gasteiger partial charge in [0, 0.05) is 28.6 Å². The number of halogens is 2. The summed E-state index contributed by atoms with van der Waals surface area (Å²) in [6, 6.07) is 5.12. The summed E-state index contributed by atoms with van der Waals surface area (Å²) < 4.78 is 34.2. The molecule has 1 heterocycles. The largest absolute Gasteiger partial charge is 0.377 e. The highest BCUT2D eigenvalue weighted by molar-refractivity contribution is 9.11. The summed E-state index contributed by atoms with van der Waals surface area (Å²) in [6.45, 7) is 3.72. The molecule has 0 amide bonds. The van der Waals surface area contributed by atoms with E-state index in [1.54, 1.807) is 18.2 Å². The topological polar surface area (TPSA) is 46.6 Å². The van der Waals surface area contributed by atoms with Crippen molar-refractivity contribution < 1.29 is 13.2 Å². The quantitative estimate of drug-likeness (QED) is 0.699. The highest BCUT2D eigenvalue weighted by Crippen LogP contribution is 2.29. The summed E-state index contributed by atoms with van der Waals surface area (Å²) in [4.78, 5) is 0.307. The van der Waals surface area contributed by atoms with Crippen molar-refractivity contribution in [1.29, 1.82) is 0 Å². The van der Waals surface area contributed by atoms with Crippen LogP contribution in [-0.4, -0.2) is 38.5 Å². The average molecular weight is 441 g/mol. The van der Waals surface area contributed by atoms with E-state index in [2.05, 4.69) is 38.8 Å². The second-order valence-electron chi connectivity index (χ2n) is 5.07. The van der Waals surface area contributed by atoms with Crippen molar-refractivity contribution in [3.8, 4) is 0 Å². The lowest BCUT2D eigenvalue weighted by Crippen LogP contribution is -2.43. The second kappa shape index (κ2) is 7.55. The zero-order valence-electron chi connectivity index (χ0n) is 11.9. The van der Waals surface area contributed by atoms with Gasteiger partial charge in [-0.15, -0.1) is 0 Å². The number of benzene rings is 1. The standard InChI is InChI=1S/C14H19Br2NO3S/c1-2-8-20-12-4-3-7-17(10-12)21(18,19)14-6-5-11(15)9-13(14)16/h5-6,9,12H,2-4,7-8,10H2,1H3. The molecule has 118 valence electrons. The minimum absolute atomic E-state index is 0.00250. The van der Waals surface area contributed by atoms with E-state index in [1.807, 2.05) is 0 Å². The van der Waals surface area contributed by atoms with Crippen LogP contribution in [0.25, 0.3) is 0 Å². The Balaban J connectivity index is 2.18. The molecule has 1 saturated heterocycles. The zero-order chi connectivity index (χ0) is 15.5. The maximum Gasteiger partial charge on any atom is 0.244 e. The molecular formula is C14H19Br2NO3S. The van der Waals surface area contributed by atoms with E-state index < -0.39 is 10.0 Å². The van der Waals surface area contributed by atoms with Gasteiger partial charge in [0.05, 0.1) is 11.0 Å². The predicted octanol–water partition coefficient (Wildman–Crippen LogP) is 3.79. The van der Waals surface area contributed by atoms with Gasteiger partial charge >= 0.3 is 0 Å². The van der Waals surface area contributed by atoms with Crippen LogP contribution in [0.5, 0.6) is 0 Å². The first kappa shape index (κ1) is 17.4. The number of ether oxygens (including phenoxy) is 1. The van der Waals surface area contributed by atoms with Gasteiger partial charge in [-0.25, -0.2) is 8.42 Å². The molecule has 0 bridgehead atoms.